The van der Waals surface area contributed by atoms with Gasteiger partial charge in [0, 0.05) is 5.69 Å². The van der Waals surface area contributed by atoms with Crippen molar-refractivity contribution in [2.75, 3.05) is 5.32 Å². The van der Waals surface area contributed by atoms with Crippen LogP contribution in [-0.2, 0) is 6.18 Å². The van der Waals surface area contributed by atoms with Gasteiger partial charge in [-0.05, 0) is 32.0 Å². The Balaban J connectivity index is 2.80. The molecule has 0 saturated heterocycles. The van der Waals surface area contributed by atoms with Gasteiger partial charge in [-0.2, -0.15) is 13.2 Å². The summed E-state index contributed by atoms with van der Waals surface area (Å²) in [6.07, 6.45) is -4.48. The van der Waals surface area contributed by atoms with Crippen molar-refractivity contribution in [1.82, 2.24) is 5.32 Å². The highest BCUT2D eigenvalue weighted by Gasteiger charge is 2.30. The molecule has 0 aliphatic heterocycles. The Bertz CT molecular complexity index is 526. The number of alkyl halides is 3. The average molecular weight is 288 g/mol. The van der Waals surface area contributed by atoms with E-state index in [4.69, 9.17) is 11.1 Å². The number of benzene rings is 1. The maximum absolute atomic E-state index is 12.5. The minimum Gasteiger partial charge on any atom is -0.386 e. The number of carbonyl (C=O) groups is 1. The number of rotatable bonds is 3. The fourth-order valence-corrected chi connectivity index (χ4v) is 1.29. The van der Waals surface area contributed by atoms with Crippen LogP contribution >= 0.6 is 0 Å². The van der Waals surface area contributed by atoms with E-state index < -0.39 is 23.3 Å². The highest BCUT2D eigenvalue weighted by molar-refractivity contribution is 5.95. The SMILES string of the molecule is CC(C)(NC(=O)Nc1cccc(C(F)(F)F)c1)C(=N)N. The van der Waals surface area contributed by atoms with Crippen molar-refractivity contribution in [3.05, 3.63) is 29.8 Å². The minimum atomic E-state index is -4.48. The molecule has 0 unspecified atom stereocenters. The maximum Gasteiger partial charge on any atom is 0.416 e. The van der Waals surface area contributed by atoms with Crippen LogP contribution in [0, 0.1) is 5.41 Å². The Morgan fingerprint density at radius 3 is 2.40 bits per heavy atom. The molecule has 2 amide bonds. The fraction of sp³-hybridized carbons (Fsp3) is 0.333. The fourth-order valence-electron chi connectivity index (χ4n) is 1.29. The van der Waals surface area contributed by atoms with E-state index >= 15 is 0 Å². The van der Waals surface area contributed by atoms with Gasteiger partial charge < -0.3 is 16.4 Å². The first-order valence-electron chi connectivity index (χ1n) is 5.63. The van der Waals surface area contributed by atoms with Crippen molar-refractivity contribution in [2.45, 2.75) is 25.6 Å². The van der Waals surface area contributed by atoms with E-state index in [1.807, 2.05) is 0 Å². The van der Waals surface area contributed by atoms with Crippen LogP contribution in [0.5, 0.6) is 0 Å². The standard InChI is InChI=1S/C12H15F3N4O/c1-11(2,9(16)17)19-10(20)18-8-5-3-4-7(6-8)12(13,14)15/h3-6H,1-2H3,(H3,16,17)(H2,18,19,20). The first-order valence-corrected chi connectivity index (χ1v) is 5.63. The van der Waals surface area contributed by atoms with E-state index in [1.165, 1.54) is 26.0 Å². The third-order valence-electron chi connectivity index (χ3n) is 2.55. The Labute approximate surface area is 113 Å². The number of amides is 2. The van der Waals surface area contributed by atoms with Crippen molar-refractivity contribution in [1.29, 1.82) is 5.41 Å². The van der Waals surface area contributed by atoms with Crippen LogP contribution in [0.25, 0.3) is 0 Å². The van der Waals surface area contributed by atoms with Crippen molar-refractivity contribution in [3.8, 4) is 0 Å². The largest absolute Gasteiger partial charge is 0.416 e. The number of urea groups is 1. The molecule has 110 valence electrons. The quantitative estimate of drug-likeness (QED) is 0.508. The molecular formula is C12H15F3N4O. The zero-order valence-electron chi connectivity index (χ0n) is 10.9. The second-order valence-corrected chi connectivity index (χ2v) is 4.70. The number of nitrogens with two attached hydrogens (primary N) is 1. The van der Waals surface area contributed by atoms with Crippen molar-refractivity contribution in [2.24, 2.45) is 5.73 Å². The Morgan fingerprint density at radius 1 is 1.30 bits per heavy atom. The second kappa shape index (κ2) is 5.40. The molecule has 20 heavy (non-hydrogen) atoms. The van der Waals surface area contributed by atoms with E-state index in [9.17, 15) is 18.0 Å². The maximum atomic E-state index is 12.5. The molecule has 5 nitrogen and oxygen atoms in total. The highest BCUT2D eigenvalue weighted by Crippen LogP contribution is 2.30. The van der Waals surface area contributed by atoms with Crippen LogP contribution < -0.4 is 16.4 Å². The number of hydrogen-bond donors (Lipinski definition) is 4. The van der Waals surface area contributed by atoms with Crippen LogP contribution in [-0.4, -0.2) is 17.4 Å². The van der Waals surface area contributed by atoms with Crippen LogP contribution in [0.1, 0.15) is 19.4 Å². The molecule has 0 radical (unpaired) electrons. The van der Waals surface area contributed by atoms with Gasteiger partial charge in [-0.3, -0.25) is 5.41 Å². The van der Waals surface area contributed by atoms with Gasteiger partial charge in [0.2, 0.25) is 0 Å². The second-order valence-electron chi connectivity index (χ2n) is 4.70. The lowest BCUT2D eigenvalue weighted by Gasteiger charge is -2.24. The van der Waals surface area contributed by atoms with Crippen molar-refractivity contribution in [3.63, 3.8) is 0 Å². The Morgan fingerprint density at radius 2 is 1.90 bits per heavy atom. The predicted molar refractivity (Wildman–Crippen MR) is 69.6 cm³/mol. The molecule has 1 rings (SSSR count). The van der Waals surface area contributed by atoms with E-state index in [1.54, 1.807) is 0 Å². The van der Waals surface area contributed by atoms with Crippen molar-refractivity contribution >= 4 is 17.6 Å². The molecule has 1 aromatic rings. The van der Waals surface area contributed by atoms with Crippen LogP contribution in [0.2, 0.25) is 0 Å². The summed E-state index contributed by atoms with van der Waals surface area (Å²) in [4.78, 5) is 11.6. The summed E-state index contributed by atoms with van der Waals surface area (Å²) in [6, 6.07) is 3.50. The third-order valence-corrected chi connectivity index (χ3v) is 2.55. The summed E-state index contributed by atoms with van der Waals surface area (Å²) in [7, 11) is 0. The predicted octanol–water partition coefficient (Wildman–Crippen LogP) is 2.54. The number of halogens is 3. The van der Waals surface area contributed by atoms with Gasteiger partial charge in [-0.15, -0.1) is 0 Å². The molecule has 0 atom stereocenters. The van der Waals surface area contributed by atoms with Gasteiger partial charge in [0.25, 0.3) is 0 Å². The molecule has 1 aromatic carbocycles. The van der Waals surface area contributed by atoms with Crippen LogP contribution in [0.4, 0.5) is 23.7 Å². The molecule has 0 heterocycles. The number of anilines is 1. The molecule has 0 aliphatic carbocycles. The summed E-state index contributed by atoms with van der Waals surface area (Å²) in [5.74, 6) is -0.267. The highest BCUT2D eigenvalue weighted by atomic mass is 19.4. The van der Waals surface area contributed by atoms with Gasteiger partial charge >= 0.3 is 12.2 Å². The number of hydrogen-bond acceptors (Lipinski definition) is 2. The monoisotopic (exact) mass is 288 g/mol. The van der Waals surface area contributed by atoms with Crippen LogP contribution in [0.3, 0.4) is 0 Å². The van der Waals surface area contributed by atoms with Gasteiger partial charge in [0.15, 0.2) is 0 Å². The van der Waals surface area contributed by atoms with Crippen LogP contribution in [0.15, 0.2) is 24.3 Å². The molecular weight excluding hydrogens is 273 g/mol. The van der Waals surface area contributed by atoms with Gasteiger partial charge in [-0.1, -0.05) is 6.07 Å². The molecule has 0 spiro atoms. The molecule has 0 fully saturated rings. The van der Waals surface area contributed by atoms with E-state index in [0.717, 1.165) is 12.1 Å². The lowest BCUT2D eigenvalue weighted by atomic mass is 10.1. The van der Waals surface area contributed by atoms with E-state index in [2.05, 4.69) is 10.6 Å². The third kappa shape index (κ3) is 4.15. The molecule has 0 bridgehead atoms. The first-order chi connectivity index (χ1) is 9.02. The lowest BCUT2D eigenvalue weighted by Crippen LogP contribution is -2.53. The molecule has 0 saturated carbocycles. The first kappa shape index (κ1) is 15.8. The van der Waals surface area contributed by atoms with Gasteiger partial charge in [0.1, 0.15) is 5.84 Å². The zero-order valence-corrected chi connectivity index (χ0v) is 10.9. The Kier molecular flexibility index (Phi) is 4.26. The summed E-state index contributed by atoms with van der Waals surface area (Å²) < 4.78 is 37.5. The number of carbonyl (C=O) groups excluding carboxylic acids is 1. The molecule has 0 aliphatic rings. The summed E-state index contributed by atoms with van der Waals surface area (Å²) >= 11 is 0. The smallest absolute Gasteiger partial charge is 0.386 e. The number of amidine groups is 1. The van der Waals surface area contributed by atoms with Gasteiger partial charge in [0.05, 0.1) is 11.1 Å². The van der Waals surface area contributed by atoms with Gasteiger partial charge in [-0.25, -0.2) is 4.79 Å². The zero-order chi connectivity index (χ0) is 15.6. The summed E-state index contributed by atoms with van der Waals surface area (Å²) in [5.41, 5.74) is 3.33. The molecule has 5 N–H and O–H groups in total. The topological polar surface area (TPSA) is 91.0 Å². The molecule has 8 heteroatoms. The molecule has 0 aromatic heterocycles. The normalized spacial score (nSPS) is 11.8. The van der Waals surface area contributed by atoms with E-state index in [0.29, 0.717) is 0 Å². The lowest BCUT2D eigenvalue weighted by molar-refractivity contribution is -0.137. The van der Waals surface area contributed by atoms with Crippen molar-refractivity contribution < 1.29 is 18.0 Å². The van der Waals surface area contributed by atoms with E-state index in [-0.39, 0.29) is 11.5 Å². The average Bonchev–Trinajstić information content (AvgIpc) is 2.26. The summed E-state index contributed by atoms with van der Waals surface area (Å²) in [6.45, 7) is 3.00. The summed E-state index contributed by atoms with van der Waals surface area (Å²) in [5, 5.41) is 11.9. The Hall–Kier alpha value is -2.25. The minimum absolute atomic E-state index is 0.00308. The number of nitrogens with one attached hydrogen (secondary N) is 3.